The molecule has 6 heteroatoms. The molecule has 0 spiro atoms. The highest BCUT2D eigenvalue weighted by Gasteiger charge is 2.08. The molecule has 0 aliphatic rings. The van der Waals surface area contributed by atoms with Gasteiger partial charge in [0.15, 0.2) is 0 Å². The summed E-state index contributed by atoms with van der Waals surface area (Å²) in [5, 5.41) is 17.8. The molecular weight excluding hydrogens is 216 g/mol. The number of nitrogens with two attached hydrogens (primary N) is 1. The van der Waals surface area contributed by atoms with Gasteiger partial charge in [0, 0.05) is 6.20 Å². The van der Waals surface area contributed by atoms with E-state index in [1.165, 1.54) is 16.8 Å². The maximum absolute atomic E-state index is 11.7. The first kappa shape index (κ1) is 11.8. The third kappa shape index (κ3) is 2.85. The second-order valence-corrected chi connectivity index (χ2v) is 3.52. The van der Waals surface area contributed by atoms with Gasteiger partial charge in [-0.2, -0.15) is 0 Å². The largest absolute Gasteiger partial charge is 0.394 e. The molecule has 0 aromatic carbocycles. The van der Waals surface area contributed by atoms with E-state index in [-0.39, 0.29) is 22.7 Å². The van der Waals surface area contributed by atoms with Gasteiger partial charge in [-0.05, 0) is 12.1 Å². The molecule has 4 N–H and O–H groups in total. The van der Waals surface area contributed by atoms with Crippen molar-refractivity contribution in [1.29, 1.82) is 0 Å². The van der Waals surface area contributed by atoms with Crippen molar-refractivity contribution in [2.75, 3.05) is 6.61 Å². The molecule has 0 saturated carbocycles. The zero-order valence-corrected chi connectivity index (χ0v) is 8.78. The highest BCUT2D eigenvalue weighted by Crippen LogP contribution is 1.94. The second kappa shape index (κ2) is 5.01. The molecule has 5 nitrogen and oxygen atoms in total. The van der Waals surface area contributed by atoms with Crippen molar-refractivity contribution in [2.45, 2.75) is 12.6 Å². The van der Waals surface area contributed by atoms with Crippen molar-refractivity contribution in [3.63, 3.8) is 0 Å². The molecule has 0 aliphatic heterocycles. The van der Waals surface area contributed by atoms with E-state index in [4.69, 9.17) is 23.1 Å². The molecule has 0 bridgehead atoms. The van der Waals surface area contributed by atoms with E-state index in [0.717, 1.165) is 0 Å². The molecule has 1 unspecified atom stereocenters. The molecule has 0 radical (unpaired) electrons. The minimum atomic E-state index is -0.968. The van der Waals surface area contributed by atoms with Crippen molar-refractivity contribution in [3.8, 4) is 0 Å². The molecule has 82 valence electrons. The van der Waals surface area contributed by atoms with Crippen molar-refractivity contribution in [2.24, 2.45) is 5.73 Å². The molecule has 15 heavy (non-hydrogen) atoms. The molecule has 1 aromatic rings. The lowest BCUT2D eigenvalue weighted by molar-refractivity contribution is 0.0804. The van der Waals surface area contributed by atoms with Gasteiger partial charge in [-0.15, -0.1) is 0 Å². The van der Waals surface area contributed by atoms with Gasteiger partial charge in [0.2, 0.25) is 0 Å². The molecule has 0 amide bonds. The number of aliphatic hydroxyl groups is 2. The van der Waals surface area contributed by atoms with E-state index in [9.17, 15) is 9.90 Å². The number of nitrogens with zero attached hydrogens (tertiary/aromatic N) is 1. The topological polar surface area (TPSA) is 88.5 Å². The van der Waals surface area contributed by atoms with Crippen LogP contribution in [0.5, 0.6) is 0 Å². The summed E-state index contributed by atoms with van der Waals surface area (Å²) >= 11 is 4.70. The van der Waals surface area contributed by atoms with Crippen LogP contribution in [-0.4, -0.2) is 32.5 Å². The fourth-order valence-corrected chi connectivity index (χ4v) is 1.31. The summed E-state index contributed by atoms with van der Waals surface area (Å²) in [6, 6.07) is 3.13. The second-order valence-electron chi connectivity index (χ2n) is 3.08. The molecule has 0 saturated heterocycles. The number of hydrogen-bond acceptors (Lipinski definition) is 4. The van der Waals surface area contributed by atoms with Crippen LogP contribution in [0, 0.1) is 0 Å². The molecule has 1 atom stereocenters. The van der Waals surface area contributed by atoms with Crippen LogP contribution in [0.4, 0.5) is 0 Å². The van der Waals surface area contributed by atoms with Crippen LogP contribution in [0.2, 0.25) is 0 Å². The lowest BCUT2D eigenvalue weighted by Gasteiger charge is -2.10. The summed E-state index contributed by atoms with van der Waals surface area (Å²) in [5.41, 5.74) is 5.22. The SMILES string of the molecule is NC(=S)c1cccn(CC(O)CO)c1=O. The van der Waals surface area contributed by atoms with Crippen LogP contribution < -0.4 is 11.3 Å². The molecule has 1 rings (SSSR count). The average Bonchev–Trinajstić information content (AvgIpc) is 2.20. The number of aromatic nitrogens is 1. The zero-order chi connectivity index (χ0) is 11.4. The Bertz CT molecular complexity index is 416. The highest BCUT2D eigenvalue weighted by atomic mass is 32.1. The Morgan fingerprint density at radius 2 is 2.33 bits per heavy atom. The van der Waals surface area contributed by atoms with Crippen molar-refractivity contribution < 1.29 is 10.2 Å². The van der Waals surface area contributed by atoms with E-state index in [0.29, 0.717) is 0 Å². The fraction of sp³-hybridized carbons (Fsp3) is 0.333. The minimum absolute atomic E-state index is 0.0196. The van der Waals surface area contributed by atoms with E-state index in [1.807, 2.05) is 0 Å². The Morgan fingerprint density at radius 3 is 2.87 bits per heavy atom. The third-order valence-electron chi connectivity index (χ3n) is 1.90. The molecular formula is C9H12N2O3S. The summed E-state index contributed by atoms with van der Waals surface area (Å²) < 4.78 is 1.26. The lowest BCUT2D eigenvalue weighted by Crippen LogP contribution is -2.32. The quantitative estimate of drug-likeness (QED) is 0.565. The van der Waals surface area contributed by atoms with Crippen LogP contribution in [-0.2, 0) is 6.54 Å². The van der Waals surface area contributed by atoms with Gasteiger partial charge in [-0.25, -0.2) is 0 Å². The normalized spacial score (nSPS) is 12.4. The summed E-state index contributed by atoms with van der Waals surface area (Å²) in [6.07, 6.45) is 0.535. The number of rotatable bonds is 4. The number of thiocarbonyl (C=S) groups is 1. The van der Waals surface area contributed by atoms with Gasteiger partial charge in [0.25, 0.3) is 5.56 Å². The predicted molar refractivity (Wildman–Crippen MR) is 59.7 cm³/mol. The standard InChI is InChI=1S/C9H12N2O3S/c10-8(15)7-2-1-3-11(9(7)14)4-6(13)5-12/h1-3,6,12-13H,4-5H2,(H2,10,15). The molecule has 0 fully saturated rings. The summed E-state index contributed by atoms with van der Waals surface area (Å²) in [6.45, 7) is -0.379. The Hall–Kier alpha value is -1.24. The van der Waals surface area contributed by atoms with Gasteiger partial charge < -0.3 is 20.5 Å². The molecule has 1 heterocycles. The van der Waals surface area contributed by atoms with Gasteiger partial charge in [-0.3, -0.25) is 4.79 Å². The zero-order valence-electron chi connectivity index (χ0n) is 7.96. The number of aliphatic hydroxyl groups excluding tert-OH is 2. The highest BCUT2D eigenvalue weighted by molar-refractivity contribution is 7.80. The molecule has 0 aliphatic carbocycles. The van der Waals surface area contributed by atoms with Crippen LogP contribution in [0.25, 0.3) is 0 Å². The number of hydrogen-bond donors (Lipinski definition) is 3. The maximum atomic E-state index is 11.7. The first-order chi connectivity index (χ1) is 7.06. The van der Waals surface area contributed by atoms with Gasteiger partial charge in [0.1, 0.15) is 4.99 Å². The van der Waals surface area contributed by atoms with E-state index < -0.39 is 12.7 Å². The van der Waals surface area contributed by atoms with Crippen molar-refractivity contribution >= 4 is 17.2 Å². The van der Waals surface area contributed by atoms with Crippen LogP contribution >= 0.6 is 12.2 Å². The monoisotopic (exact) mass is 228 g/mol. The van der Waals surface area contributed by atoms with E-state index in [1.54, 1.807) is 6.07 Å². The Balaban J connectivity index is 3.05. The van der Waals surface area contributed by atoms with Crippen LogP contribution in [0.3, 0.4) is 0 Å². The first-order valence-electron chi connectivity index (χ1n) is 4.34. The van der Waals surface area contributed by atoms with Crippen LogP contribution in [0.1, 0.15) is 5.56 Å². The van der Waals surface area contributed by atoms with Gasteiger partial charge in [-0.1, -0.05) is 12.2 Å². The van der Waals surface area contributed by atoms with Crippen LogP contribution in [0.15, 0.2) is 23.1 Å². The van der Waals surface area contributed by atoms with Crippen molar-refractivity contribution in [1.82, 2.24) is 4.57 Å². The average molecular weight is 228 g/mol. The van der Waals surface area contributed by atoms with Gasteiger partial charge >= 0.3 is 0 Å². The molecule has 1 aromatic heterocycles. The van der Waals surface area contributed by atoms with E-state index in [2.05, 4.69) is 0 Å². The summed E-state index contributed by atoms with van der Waals surface area (Å²) in [7, 11) is 0. The van der Waals surface area contributed by atoms with E-state index >= 15 is 0 Å². The number of pyridine rings is 1. The third-order valence-corrected chi connectivity index (χ3v) is 2.12. The Labute approximate surface area is 91.8 Å². The lowest BCUT2D eigenvalue weighted by atomic mass is 10.2. The maximum Gasteiger partial charge on any atom is 0.260 e. The smallest absolute Gasteiger partial charge is 0.260 e. The predicted octanol–water partition coefficient (Wildman–Crippen LogP) is -1.16. The minimum Gasteiger partial charge on any atom is -0.394 e. The Morgan fingerprint density at radius 1 is 1.67 bits per heavy atom. The van der Waals surface area contributed by atoms with Gasteiger partial charge in [0.05, 0.1) is 24.8 Å². The summed E-state index contributed by atoms with van der Waals surface area (Å²) in [4.78, 5) is 11.7. The van der Waals surface area contributed by atoms with Crippen molar-refractivity contribution in [3.05, 3.63) is 34.2 Å². The Kier molecular flexibility index (Phi) is 3.96. The summed E-state index contributed by atoms with van der Waals surface area (Å²) in [5.74, 6) is 0. The first-order valence-corrected chi connectivity index (χ1v) is 4.75. The fourth-order valence-electron chi connectivity index (χ4n) is 1.15.